The number of hydrogen-bond acceptors (Lipinski definition) is 6. The maximum Gasteiger partial charge on any atom is 0.336 e. The number of benzene rings is 2. The van der Waals surface area contributed by atoms with Gasteiger partial charge in [-0.15, -0.1) is 0 Å². The molecule has 0 fully saturated rings. The summed E-state index contributed by atoms with van der Waals surface area (Å²) in [7, 11) is 3.12. The Morgan fingerprint density at radius 2 is 1.87 bits per heavy atom. The summed E-state index contributed by atoms with van der Waals surface area (Å²) in [6.07, 6.45) is 2.93. The second kappa shape index (κ2) is 9.51. The minimum Gasteiger partial charge on any atom is -0.497 e. The molecule has 162 valence electrons. The van der Waals surface area contributed by atoms with Crippen LogP contribution < -0.4 is 15.1 Å². The van der Waals surface area contributed by atoms with Gasteiger partial charge in [0.25, 0.3) is 0 Å². The Morgan fingerprint density at radius 3 is 2.55 bits per heavy atom. The molecule has 1 aromatic heterocycles. The molecule has 2 aromatic carbocycles. The van der Waals surface area contributed by atoms with Gasteiger partial charge in [0, 0.05) is 34.7 Å². The minimum absolute atomic E-state index is 0.0361. The maximum atomic E-state index is 12.3. The van der Waals surface area contributed by atoms with Crippen molar-refractivity contribution in [3.8, 4) is 11.5 Å². The van der Waals surface area contributed by atoms with Crippen molar-refractivity contribution >= 4 is 23.0 Å². The van der Waals surface area contributed by atoms with Crippen LogP contribution in [0.25, 0.3) is 17.0 Å². The number of ether oxygens (including phenoxy) is 3. The average molecular weight is 422 g/mol. The van der Waals surface area contributed by atoms with Crippen molar-refractivity contribution in [2.45, 2.75) is 33.3 Å². The van der Waals surface area contributed by atoms with E-state index in [1.807, 2.05) is 19.1 Å². The smallest absolute Gasteiger partial charge is 0.336 e. The molecule has 0 aliphatic carbocycles. The third kappa shape index (κ3) is 5.15. The van der Waals surface area contributed by atoms with Crippen molar-refractivity contribution in [1.29, 1.82) is 0 Å². The summed E-state index contributed by atoms with van der Waals surface area (Å²) in [6, 6.07) is 10.5. The number of carbonyl (C=O) groups excluding carboxylic acids is 1. The summed E-state index contributed by atoms with van der Waals surface area (Å²) in [5.74, 6) is 1.01. The first-order valence-corrected chi connectivity index (χ1v) is 9.96. The lowest BCUT2D eigenvalue weighted by Crippen LogP contribution is -2.06. The molecule has 0 aliphatic heterocycles. The maximum absolute atomic E-state index is 12.3. The monoisotopic (exact) mass is 422 g/mol. The molecule has 0 saturated carbocycles. The predicted octanol–water partition coefficient (Wildman–Crippen LogP) is 5.00. The summed E-state index contributed by atoms with van der Waals surface area (Å²) in [6.45, 7) is 6.15. The zero-order valence-electron chi connectivity index (χ0n) is 18.4. The first-order chi connectivity index (χ1) is 14.8. The van der Waals surface area contributed by atoms with Gasteiger partial charge in [0.1, 0.15) is 23.7 Å². The Balaban J connectivity index is 1.81. The van der Waals surface area contributed by atoms with E-state index < -0.39 is 11.6 Å². The van der Waals surface area contributed by atoms with Crippen LogP contribution in [0, 0.1) is 6.92 Å². The highest BCUT2D eigenvalue weighted by molar-refractivity contribution is 5.88. The standard InChI is InChI=1S/C25H26O6/c1-15(2)20-13-21-18(11-25(27)31-23(21)10-16(20)3)14-30-24(26)9-7-17-6-8-19(28-4)12-22(17)29-5/h6-13,15H,14H2,1-5H3/b9-7+. The number of esters is 1. The lowest BCUT2D eigenvalue weighted by molar-refractivity contribution is -0.138. The van der Waals surface area contributed by atoms with Crippen molar-refractivity contribution in [2.24, 2.45) is 0 Å². The highest BCUT2D eigenvalue weighted by Crippen LogP contribution is 2.28. The zero-order valence-corrected chi connectivity index (χ0v) is 18.4. The quantitative estimate of drug-likeness (QED) is 0.303. The molecular weight excluding hydrogens is 396 g/mol. The highest BCUT2D eigenvalue weighted by Gasteiger charge is 2.12. The van der Waals surface area contributed by atoms with Crippen LogP contribution in [0.3, 0.4) is 0 Å². The van der Waals surface area contributed by atoms with Gasteiger partial charge in [-0.25, -0.2) is 9.59 Å². The van der Waals surface area contributed by atoms with Crippen molar-refractivity contribution < 1.29 is 23.4 Å². The van der Waals surface area contributed by atoms with Gasteiger partial charge in [-0.2, -0.15) is 0 Å². The number of carbonyl (C=O) groups is 1. The fourth-order valence-electron chi connectivity index (χ4n) is 3.44. The van der Waals surface area contributed by atoms with E-state index in [-0.39, 0.29) is 6.61 Å². The first-order valence-electron chi connectivity index (χ1n) is 9.96. The van der Waals surface area contributed by atoms with Gasteiger partial charge in [-0.3, -0.25) is 0 Å². The van der Waals surface area contributed by atoms with Gasteiger partial charge in [0.05, 0.1) is 14.2 Å². The Labute approximate surface area is 181 Å². The first kappa shape index (κ1) is 22.2. The lowest BCUT2D eigenvalue weighted by Gasteiger charge is -2.13. The summed E-state index contributed by atoms with van der Waals surface area (Å²) in [4.78, 5) is 24.3. The van der Waals surface area contributed by atoms with Crippen LogP contribution >= 0.6 is 0 Å². The molecule has 3 aromatic rings. The van der Waals surface area contributed by atoms with Crippen LogP contribution in [-0.2, 0) is 16.1 Å². The van der Waals surface area contributed by atoms with Crippen molar-refractivity contribution in [1.82, 2.24) is 0 Å². The van der Waals surface area contributed by atoms with Gasteiger partial charge in [0.15, 0.2) is 0 Å². The second-order valence-corrected chi connectivity index (χ2v) is 7.50. The molecule has 0 unspecified atom stereocenters. The predicted molar refractivity (Wildman–Crippen MR) is 120 cm³/mol. The summed E-state index contributed by atoms with van der Waals surface area (Å²) in [5, 5.41) is 0.766. The zero-order chi connectivity index (χ0) is 22.5. The fourth-order valence-corrected chi connectivity index (χ4v) is 3.44. The highest BCUT2D eigenvalue weighted by atomic mass is 16.5. The normalized spacial score (nSPS) is 11.3. The Kier molecular flexibility index (Phi) is 6.80. The molecule has 0 atom stereocenters. The molecule has 0 amide bonds. The van der Waals surface area contributed by atoms with Gasteiger partial charge in [0.2, 0.25) is 0 Å². The molecule has 0 saturated heterocycles. The number of hydrogen-bond donors (Lipinski definition) is 0. The molecule has 0 N–H and O–H groups in total. The number of fused-ring (bicyclic) bond motifs is 1. The average Bonchev–Trinajstić information content (AvgIpc) is 2.74. The third-order valence-electron chi connectivity index (χ3n) is 5.05. The van der Waals surface area contributed by atoms with Crippen LogP contribution in [0.15, 0.2) is 51.7 Å². The van der Waals surface area contributed by atoms with E-state index in [0.29, 0.717) is 34.1 Å². The number of methoxy groups -OCH3 is 2. The van der Waals surface area contributed by atoms with Crippen LogP contribution in [0.1, 0.15) is 42.0 Å². The van der Waals surface area contributed by atoms with Crippen molar-refractivity contribution in [3.05, 3.63) is 75.1 Å². The molecule has 6 nitrogen and oxygen atoms in total. The van der Waals surface area contributed by atoms with Crippen LogP contribution in [0.5, 0.6) is 11.5 Å². The van der Waals surface area contributed by atoms with Gasteiger partial charge >= 0.3 is 11.6 Å². The Hall–Kier alpha value is -3.54. The van der Waals surface area contributed by atoms with Crippen LogP contribution in [-0.4, -0.2) is 20.2 Å². The van der Waals surface area contributed by atoms with E-state index >= 15 is 0 Å². The van der Waals surface area contributed by atoms with E-state index in [0.717, 1.165) is 16.5 Å². The van der Waals surface area contributed by atoms with E-state index in [4.69, 9.17) is 18.6 Å². The van der Waals surface area contributed by atoms with E-state index in [1.165, 1.54) is 12.1 Å². The SMILES string of the molecule is COc1ccc(/C=C/C(=O)OCc2cc(=O)oc3cc(C)c(C(C)C)cc23)c(OC)c1. The summed E-state index contributed by atoms with van der Waals surface area (Å²) < 4.78 is 21.2. The molecule has 0 spiro atoms. The molecule has 0 radical (unpaired) electrons. The fraction of sp³-hybridized carbons (Fsp3) is 0.280. The molecule has 0 bridgehead atoms. The number of aryl methyl sites for hydroxylation is 1. The molecule has 0 aliphatic rings. The lowest BCUT2D eigenvalue weighted by atomic mass is 9.95. The molecule has 1 heterocycles. The van der Waals surface area contributed by atoms with Crippen LogP contribution in [0.4, 0.5) is 0 Å². The molecule has 6 heteroatoms. The second-order valence-electron chi connectivity index (χ2n) is 7.50. The molecule has 3 rings (SSSR count). The largest absolute Gasteiger partial charge is 0.497 e. The summed E-state index contributed by atoms with van der Waals surface area (Å²) in [5.41, 5.74) is 3.53. The Morgan fingerprint density at radius 1 is 1.10 bits per heavy atom. The Bertz CT molecular complexity index is 1190. The van der Waals surface area contributed by atoms with Gasteiger partial charge in [-0.1, -0.05) is 13.8 Å². The van der Waals surface area contributed by atoms with Gasteiger partial charge < -0.3 is 18.6 Å². The third-order valence-corrected chi connectivity index (χ3v) is 5.05. The summed E-state index contributed by atoms with van der Waals surface area (Å²) >= 11 is 0. The number of rotatable bonds is 7. The van der Waals surface area contributed by atoms with E-state index in [1.54, 1.807) is 38.5 Å². The van der Waals surface area contributed by atoms with Gasteiger partial charge in [-0.05, 0) is 54.3 Å². The molecular formula is C25H26O6. The molecule has 31 heavy (non-hydrogen) atoms. The van der Waals surface area contributed by atoms with E-state index in [2.05, 4.69) is 13.8 Å². The van der Waals surface area contributed by atoms with Crippen LogP contribution in [0.2, 0.25) is 0 Å². The van der Waals surface area contributed by atoms with E-state index in [9.17, 15) is 9.59 Å². The van der Waals surface area contributed by atoms with Crippen molar-refractivity contribution in [3.63, 3.8) is 0 Å². The topological polar surface area (TPSA) is 75.0 Å². The minimum atomic E-state index is -0.532. The van der Waals surface area contributed by atoms with Crippen molar-refractivity contribution in [2.75, 3.05) is 14.2 Å².